The molecule has 0 aliphatic carbocycles. The number of hydrogen-bond acceptors (Lipinski definition) is 4. The number of carbonyl (C=O) groups excluding carboxylic acids is 2. The van der Waals surface area contributed by atoms with Gasteiger partial charge in [0.25, 0.3) is 0 Å². The summed E-state index contributed by atoms with van der Waals surface area (Å²) in [5.41, 5.74) is 0. The number of carbonyl (C=O) groups is 2. The van der Waals surface area contributed by atoms with Gasteiger partial charge in [-0.3, -0.25) is 0 Å². The van der Waals surface area contributed by atoms with Gasteiger partial charge in [0.1, 0.15) is 0 Å². The maximum absolute atomic E-state index is 12.1. The average Bonchev–Trinajstić information content (AvgIpc) is 3.23. The second-order valence-corrected chi connectivity index (χ2v) is 6.15. The summed E-state index contributed by atoms with van der Waals surface area (Å²) in [5, 5.41) is 0.412. The molecule has 23 heavy (non-hydrogen) atoms. The molecule has 1 aromatic carbocycles. The summed E-state index contributed by atoms with van der Waals surface area (Å²) in [5.74, 6) is 0.376. The van der Waals surface area contributed by atoms with Crippen molar-refractivity contribution in [2.45, 2.75) is 25.7 Å². The molecule has 0 N–H and O–H groups in total. The number of likely N-dealkylation sites (tertiary alicyclic amines) is 2. The maximum Gasteiger partial charge on any atom is 0.415 e. The largest absolute Gasteiger partial charge is 0.415 e. The van der Waals surface area contributed by atoms with Crippen molar-refractivity contribution >= 4 is 23.8 Å². The number of ether oxygens (including phenoxy) is 2. The van der Waals surface area contributed by atoms with Crippen LogP contribution in [0.15, 0.2) is 18.2 Å². The van der Waals surface area contributed by atoms with Gasteiger partial charge in [0.2, 0.25) is 0 Å². The lowest BCUT2D eigenvalue weighted by Crippen LogP contribution is -2.32. The number of rotatable bonds is 2. The zero-order valence-electron chi connectivity index (χ0n) is 12.8. The van der Waals surface area contributed by atoms with Gasteiger partial charge < -0.3 is 19.3 Å². The first-order valence-electron chi connectivity index (χ1n) is 7.86. The normalized spacial score (nSPS) is 17.4. The summed E-state index contributed by atoms with van der Waals surface area (Å²) < 4.78 is 10.8. The van der Waals surface area contributed by atoms with Crippen molar-refractivity contribution in [3.05, 3.63) is 23.2 Å². The van der Waals surface area contributed by atoms with E-state index in [0.717, 1.165) is 25.7 Å². The molecular formula is C16H19ClN2O4. The molecule has 0 unspecified atom stereocenters. The molecule has 0 radical (unpaired) electrons. The predicted molar refractivity (Wildman–Crippen MR) is 85.1 cm³/mol. The van der Waals surface area contributed by atoms with Gasteiger partial charge >= 0.3 is 12.2 Å². The Morgan fingerprint density at radius 3 is 1.83 bits per heavy atom. The molecule has 6 nitrogen and oxygen atoms in total. The lowest BCUT2D eigenvalue weighted by molar-refractivity contribution is 0.152. The standard InChI is InChI=1S/C16H19ClN2O4/c17-12-5-6-13(22-15(20)18-7-1-2-8-18)14(11-12)23-16(21)19-9-3-4-10-19/h5-6,11H,1-4,7-10H2. The molecule has 2 fully saturated rings. The van der Waals surface area contributed by atoms with Crippen molar-refractivity contribution in [2.24, 2.45) is 0 Å². The van der Waals surface area contributed by atoms with Crippen LogP contribution in [-0.4, -0.2) is 48.2 Å². The van der Waals surface area contributed by atoms with Gasteiger partial charge in [-0.25, -0.2) is 9.59 Å². The van der Waals surface area contributed by atoms with Gasteiger partial charge in [-0.1, -0.05) is 11.6 Å². The topological polar surface area (TPSA) is 59.1 Å². The Balaban J connectivity index is 1.71. The van der Waals surface area contributed by atoms with E-state index in [1.54, 1.807) is 21.9 Å². The van der Waals surface area contributed by atoms with Crippen LogP contribution in [0.2, 0.25) is 5.02 Å². The van der Waals surface area contributed by atoms with E-state index in [-0.39, 0.29) is 11.5 Å². The van der Waals surface area contributed by atoms with Gasteiger partial charge in [0.15, 0.2) is 11.5 Å². The lowest BCUT2D eigenvalue weighted by Gasteiger charge is -2.18. The summed E-state index contributed by atoms with van der Waals surface area (Å²) in [6.45, 7) is 2.75. The fourth-order valence-corrected chi connectivity index (χ4v) is 2.92. The summed E-state index contributed by atoms with van der Waals surface area (Å²) in [6, 6.07) is 4.63. The highest BCUT2D eigenvalue weighted by Crippen LogP contribution is 2.32. The highest BCUT2D eigenvalue weighted by atomic mass is 35.5. The Kier molecular flexibility index (Phi) is 4.91. The van der Waals surface area contributed by atoms with Crippen LogP contribution in [-0.2, 0) is 0 Å². The number of amides is 2. The molecule has 2 heterocycles. The van der Waals surface area contributed by atoms with Crippen LogP contribution in [0.3, 0.4) is 0 Å². The predicted octanol–water partition coefficient (Wildman–Crippen LogP) is 3.53. The van der Waals surface area contributed by atoms with Crippen molar-refractivity contribution in [1.82, 2.24) is 9.80 Å². The SMILES string of the molecule is O=C(Oc1ccc(Cl)cc1OC(=O)N1CCCC1)N1CCCC1. The number of benzene rings is 1. The van der Waals surface area contributed by atoms with Crippen LogP contribution in [0.5, 0.6) is 11.5 Å². The summed E-state index contributed by atoms with van der Waals surface area (Å²) >= 11 is 5.97. The van der Waals surface area contributed by atoms with Crippen LogP contribution < -0.4 is 9.47 Å². The first-order chi connectivity index (χ1) is 11.1. The third-order valence-electron chi connectivity index (χ3n) is 4.03. The van der Waals surface area contributed by atoms with E-state index in [9.17, 15) is 9.59 Å². The smallest absolute Gasteiger partial charge is 0.406 e. The molecule has 2 amide bonds. The molecule has 0 saturated carbocycles. The molecule has 2 aliphatic heterocycles. The number of nitrogens with zero attached hydrogens (tertiary/aromatic N) is 2. The summed E-state index contributed by atoms with van der Waals surface area (Å²) in [4.78, 5) is 27.5. The molecule has 2 aliphatic rings. The Hall–Kier alpha value is -1.95. The number of hydrogen-bond donors (Lipinski definition) is 0. The molecule has 2 saturated heterocycles. The Morgan fingerprint density at radius 2 is 1.30 bits per heavy atom. The zero-order chi connectivity index (χ0) is 16.2. The lowest BCUT2D eigenvalue weighted by atomic mass is 10.3. The number of halogens is 1. The van der Waals surface area contributed by atoms with Crippen molar-refractivity contribution in [2.75, 3.05) is 26.2 Å². The fourth-order valence-electron chi connectivity index (χ4n) is 2.76. The molecule has 3 rings (SSSR count). The Labute approximate surface area is 139 Å². The molecule has 124 valence electrons. The zero-order valence-corrected chi connectivity index (χ0v) is 13.6. The average molecular weight is 339 g/mol. The van der Waals surface area contributed by atoms with E-state index in [0.29, 0.717) is 31.2 Å². The molecule has 0 bridgehead atoms. The third-order valence-corrected chi connectivity index (χ3v) is 4.26. The van der Waals surface area contributed by atoms with E-state index in [2.05, 4.69) is 0 Å². The van der Waals surface area contributed by atoms with Gasteiger partial charge in [0, 0.05) is 37.3 Å². The molecule has 0 aromatic heterocycles. The van der Waals surface area contributed by atoms with Gasteiger partial charge in [-0.05, 0) is 37.8 Å². The summed E-state index contributed by atoms with van der Waals surface area (Å²) in [6.07, 6.45) is 3.04. The van der Waals surface area contributed by atoms with Gasteiger partial charge in [0.05, 0.1) is 0 Å². The van der Waals surface area contributed by atoms with E-state index in [1.165, 1.54) is 6.07 Å². The van der Waals surface area contributed by atoms with Crippen LogP contribution in [0.25, 0.3) is 0 Å². The Morgan fingerprint density at radius 1 is 0.826 bits per heavy atom. The van der Waals surface area contributed by atoms with Crippen LogP contribution in [0.4, 0.5) is 9.59 Å². The minimum Gasteiger partial charge on any atom is -0.406 e. The maximum atomic E-state index is 12.1. The second-order valence-electron chi connectivity index (χ2n) is 5.72. The summed E-state index contributed by atoms with van der Waals surface area (Å²) in [7, 11) is 0. The molecule has 7 heteroatoms. The molecule has 0 atom stereocenters. The highest BCUT2D eigenvalue weighted by molar-refractivity contribution is 6.30. The highest BCUT2D eigenvalue weighted by Gasteiger charge is 2.24. The first-order valence-corrected chi connectivity index (χ1v) is 8.24. The van der Waals surface area contributed by atoms with Crippen molar-refractivity contribution in [3.63, 3.8) is 0 Å². The van der Waals surface area contributed by atoms with Crippen molar-refractivity contribution in [3.8, 4) is 11.5 Å². The first kappa shape index (κ1) is 15.9. The van der Waals surface area contributed by atoms with E-state index < -0.39 is 12.2 Å². The van der Waals surface area contributed by atoms with Crippen molar-refractivity contribution < 1.29 is 19.1 Å². The quantitative estimate of drug-likeness (QED) is 0.827. The minimum atomic E-state index is -0.441. The van der Waals surface area contributed by atoms with E-state index in [4.69, 9.17) is 21.1 Å². The molecule has 1 aromatic rings. The third kappa shape index (κ3) is 3.88. The minimum absolute atomic E-state index is 0.168. The van der Waals surface area contributed by atoms with E-state index >= 15 is 0 Å². The molecular weight excluding hydrogens is 320 g/mol. The molecule has 0 spiro atoms. The fraction of sp³-hybridized carbons (Fsp3) is 0.500. The van der Waals surface area contributed by atoms with Crippen molar-refractivity contribution in [1.29, 1.82) is 0 Å². The van der Waals surface area contributed by atoms with Crippen LogP contribution >= 0.6 is 11.6 Å². The van der Waals surface area contributed by atoms with Crippen LogP contribution in [0.1, 0.15) is 25.7 Å². The van der Waals surface area contributed by atoms with Crippen LogP contribution in [0, 0.1) is 0 Å². The second kappa shape index (κ2) is 7.08. The van der Waals surface area contributed by atoms with Gasteiger partial charge in [-0.2, -0.15) is 0 Å². The Bertz CT molecular complexity index is 596. The van der Waals surface area contributed by atoms with Gasteiger partial charge in [-0.15, -0.1) is 0 Å². The monoisotopic (exact) mass is 338 g/mol. The van der Waals surface area contributed by atoms with E-state index in [1.807, 2.05) is 0 Å².